The van der Waals surface area contributed by atoms with Crippen molar-refractivity contribution in [2.45, 2.75) is 121 Å². The van der Waals surface area contributed by atoms with Gasteiger partial charge in [0.15, 0.2) is 0 Å². The van der Waals surface area contributed by atoms with E-state index in [0.29, 0.717) is 68.3 Å². The topological polar surface area (TPSA) is 165 Å². The van der Waals surface area contributed by atoms with E-state index in [4.69, 9.17) is 28.9 Å². The zero-order chi connectivity index (χ0) is 49.9. The van der Waals surface area contributed by atoms with Crippen LogP contribution in [-0.2, 0) is 23.8 Å². The maximum absolute atomic E-state index is 17.0. The molecule has 1 aliphatic carbocycles. The number of alkyl carbamates (subject to hydrolysis) is 2. The van der Waals surface area contributed by atoms with Gasteiger partial charge in [0.2, 0.25) is 18.0 Å². The summed E-state index contributed by atoms with van der Waals surface area (Å²) in [5.41, 5.74) is 7.26. The number of carbonyl (C=O) groups is 4. The number of allylic oxidation sites excluding steroid dienone is 1. The first-order valence-corrected chi connectivity index (χ1v) is 26.4. The highest BCUT2D eigenvalue weighted by atomic mass is 32.1. The summed E-state index contributed by atoms with van der Waals surface area (Å²) in [5, 5.41) is 6.52. The molecule has 7 atom stereocenters. The van der Waals surface area contributed by atoms with Crippen LogP contribution >= 0.6 is 65.3 Å². The fraction of sp³-hybridized carbons (Fsp3) is 0.491. The number of aliphatic imine (C=N–C) groups is 2. The molecule has 3 unspecified atom stereocenters. The van der Waals surface area contributed by atoms with E-state index in [1.165, 1.54) is 31.9 Å². The van der Waals surface area contributed by atoms with Crippen molar-refractivity contribution in [2.75, 3.05) is 40.5 Å². The second-order valence-electron chi connectivity index (χ2n) is 20.7. The Morgan fingerprint density at radius 3 is 2.24 bits per heavy atom. The highest BCUT2D eigenvalue weighted by Crippen LogP contribution is 2.50. The predicted octanol–water partition coefficient (Wildman–Crippen LogP) is 9.70. The molecule has 0 radical (unpaired) electrons. The highest BCUT2D eigenvalue weighted by Gasteiger charge is 2.43. The number of methoxy groups -OCH3 is 2. The number of hydrogen-bond acceptors (Lipinski definition) is 11. The quantitative estimate of drug-likeness (QED) is 0.142. The van der Waals surface area contributed by atoms with Gasteiger partial charge >= 0.3 is 12.2 Å². The van der Waals surface area contributed by atoms with Crippen molar-refractivity contribution in [1.29, 1.82) is 0 Å². The Kier molecular flexibility index (Phi) is 18.9. The molecule has 4 aromatic rings. The Balaban J connectivity index is 0.00000210. The number of rotatable bonds is 12. The number of benzene rings is 2. The number of amides is 4. The summed E-state index contributed by atoms with van der Waals surface area (Å²) in [5.74, 6) is 0.104. The van der Waals surface area contributed by atoms with Crippen molar-refractivity contribution in [3.05, 3.63) is 87.5 Å². The van der Waals surface area contributed by atoms with Crippen LogP contribution in [0.5, 0.6) is 5.75 Å². The molecule has 410 valence electrons. The van der Waals surface area contributed by atoms with Gasteiger partial charge in [0, 0.05) is 48.3 Å². The molecule has 1 saturated carbocycles. The second-order valence-corrected chi connectivity index (χ2v) is 21.8. The van der Waals surface area contributed by atoms with Gasteiger partial charge in [0.1, 0.15) is 23.7 Å². The zero-order valence-corrected chi connectivity index (χ0v) is 48.3. The Bertz CT molecular complexity index is 2990. The Morgan fingerprint density at radius 1 is 0.816 bits per heavy atom. The van der Waals surface area contributed by atoms with Crippen molar-refractivity contribution in [3.63, 3.8) is 0 Å². The number of halogens is 1. The molecule has 21 heteroatoms. The summed E-state index contributed by atoms with van der Waals surface area (Å²) in [7, 11) is 2.60. The minimum absolute atomic E-state index is 0. The Labute approximate surface area is 475 Å². The second kappa shape index (κ2) is 24.4. The van der Waals surface area contributed by atoms with E-state index in [2.05, 4.69) is 51.6 Å². The van der Waals surface area contributed by atoms with Crippen LogP contribution < -0.4 is 15.4 Å². The minimum atomic E-state index is -0.743. The molecule has 3 saturated heterocycles. The van der Waals surface area contributed by atoms with E-state index in [0.717, 1.165) is 75.3 Å². The normalized spacial score (nSPS) is 23.2. The molecule has 0 spiro atoms. The van der Waals surface area contributed by atoms with Crippen molar-refractivity contribution in [3.8, 4) is 17.0 Å². The van der Waals surface area contributed by atoms with E-state index < -0.39 is 36.3 Å². The summed E-state index contributed by atoms with van der Waals surface area (Å²) in [4.78, 5) is 68.9. The van der Waals surface area contributed by atoms with Gasteiger partial charge in [-0.25, -0.2) is 14.0 Å². The number of aromatic nitrogens is 1. The van der Waals surface area contributed by atoms with Gasteiger partial charge in [-0.05, 0) is 147 Å². The van der Waals surface area contributed by atoms with E-state index in [-0.39, 0.29) is 95.8 Å². The molecule has 76 heavy (non-hydrogen) atoms. The third-order valence-corrected chi connectivity index (χ3v) is 16.9. The molecular formula is C55H70FN7O8S5. The molecule has 4 fully saturated rings. The molecule has 2 N–H and O–H groups in total. The minimum Gasteiger partial charge on any atom is -0.464 e. The third kappa shape index (κ3) is 11.3. The number of likely N-dealkylation sites (tertiary alicyclic amines) is 2. The van der Waals surface area contributed by atoms with Crippen LogP contribution in [-0.4, -0.2) is 121 Å². The molecule has 2 aromatic carbocycles. The molecule has 11 rings (SSSR count). The van der Waals surface area contributed by atoms with E-state index in [9.17, 15) is 19.2 Å². The van der Waals surface area contributed by atoms with Crippen molar-refractivity contribution < 1.29 is 42.5 Å². The van der Waals surface area contributed by atoms with Gasteiger partial charge in [-0.3, -0.25) is 24.1 Å². The van der Waals surface area contributed by atoms with Crippen LogP contribution in [0.2, 0.25) is 0 Å². The third-order valence-electron chi connectivity index (χ3n) is 15.7. The standard InChI is InChI=1S/C55H62FN7O8S.4H2S/c1-29(2)49(59-54(66)68-4)51(64)61-17-6-8-42(61)40-24-37(28-58-40)34-22-38(56)48-44-25-35-21-32(12-13-41(35)63(44)53(71-45(48)26-34)47-15-14-46(72-47)31-10-11-31)36-23-39(57-27-36)43-9-7-18-62(43)52(65)50(60-55(67)69-5)33-16-19-70-30(3)20-33;;;;/h12-15,21-22,24-27,29-31,33,42-43,49-50,53H,6-11,16-20,23,28H2,1-5H3,(H,59,66)(H,60,67);4*1H2/t30-,33?,42-,43-,49-,50?,53?;;;;/m0..../s1. The van der Waals surface area contributed by atoms with Crippen molar-refractivity contribution >= 4 is 123 Å². The largest absolute Gasteiger partial charge is 0.464 e. The molecule has 0 bridgehead atoms. The summed E-state index contributed by atoms with van der Waals surface area (Å²) in [6.45, 7) is 7.78. The molecule has 2 aromatic heterocycles. The molecular weight excluding hydrogens is 1070 g/mol. The fourth-order valence-corrected chi connectivity index (χ4v) is 13.0. The summed E-state index contributed by atoms with van der Waals surface area (Å²) in [6, 6.07) is 14.3. The first-order chi connectivity index (χ1) is 34.9. The lowest BCUT2D eigenvalue weighted by molar-refractivity contribution is -0.136. The number of ether oxygens (including phenoxy) is 4. The van der Waals surface area contributed by atoms with Crippen molar-refractivity contribution in [2.24, 2.45) is 21.8 Å². The van der Waals surface area contributed by atoms with E-state index >= 15 is 4.39 Å². The van der Waals surface area contributed by atoms with Crippen molar-refractivity contribution in [1.82, 2.24) is 25.0 Å². The Morgan fingerprint density at radius 2 is 1.53 bits per heavy atom. The lowest BCUT2D eigenvalue weighted by Gasteiger charge is -2.36. The molecule has 15 nitrogen and oxygen atoms in total. The fourth-order valence-electron chi connectivity index (χ4n) is 11.8. The number of hydrogen-bond donors (Lipinski definition) is 2. The maximum atomic E-state index is 17.0. The van der Waals surface area contributed by atoms with E-state index in [1.807, 2.05) is 44.0 Å². The molecule has 4 amide bonds. The van der Waals surface area contributed by atoms with Crippen LogP contribution in [0.1, 0.15) is 112 Å². The predicted molar refractivity (Wildman–Crippen MR) is 315 cm³/mol. The van der Waals surface area contributed by atoms with Gasteiger partial charge < -0.3 is 39.4 Å². The average molecular weight is 1140 g/mol. The first kappa shape index (κ1) is 58.7. The van der Waals surface area contributed by atoms with Gasteiger partial charge in [-0.2, -0.15) is 54.0 Å². The number of nitrogens with zero attached hydrogens (tertiary/aromatic N) is 5. The maximum Gasteiger partial charge on any atom is 0.407 e. The number of thiophene rings is 1. The number of fused-ring (bicyclic) bond motifs is 5. The SMILES string of the molecule is COC(=O)NC(C(=O)N1CCC[C@H]1C1=NC=C(c2ccc3c(c2)cc2n3C(c3ccc(C4CC4)s3)Oc3cc(C4=CC([C@@H]5CCCN5C(=O)[C@@H](NC(=O)OC)C(C)C)=NC4)cc(F)c3-2)C1)C1CCO[C@@H](C)C1.S.S.S.S. The van der Waals surface area contributed by atoms with Crippen LogP contribution in [0.4, 0.5) is 14.0 Å². The van der Waals surface area contributed by atoms with Crippen LogP contribution in [0, 0.1) is 17.7 Å². The van der Waals surface area contributed by atoms with Crippen LogP contribution in [0.3, 0.4) is 0 Å². The van der Waals surface area contributed by atoms with Gasteiger partial charge in [-0.1, -0.05) is 19.9 Å². The average Bonchev–Trinajstić information content (AvgIpc) is 4.11. The van der Waals surface area contributed by atoms with Gasteiger partial charge in [-0.15, -0.1) is 11.3 Å². The lowest BCUT2D eigenvalue weighted by atomic mass is 9.87. The molecule has 8 heterocycles. The lowest BCUT2D eigenvalue weighted by Crippen LogP contribution is -2.55. The van der Waals surface area contributed by atoms with Gasteiger partial charge in [0.05, 0.1) is 66.3 Å². The molecule has 7 aliphatic rings. The first-order valence-electron chi connectivity index (χ1n) is 25.5. The highest BCUT2D eigenvalue weighted by molar-refractivity contribution is 7.59. The summed E-state index contributed by atoms with van der Waals surface area (Å²) < 4.78 is 41.7. The summed E-state index contributed by atoms with van der Waals surface area (Å²) in [6.07, 6.45) is 9.49. The number of carbonyl (C=O) groups excluding carboxylic acids is 4. The monoisotopic (exact) mass is 1140 g/mol. The smallest absolute Gasteiger partial charge is 0.407 e. The molecule has 6 aliphatic heterocycles. The van der Waals surface area contributed by atoms with Crippen LogP contribution in [0.15, 0.2) is 70.8 Å². The number of nitrogens with one attached hydrogen (secondary N) is 2. The summed E-state index contributed by atoms with van der Waals surface area (Å²) >= 11 is 1.75. The van der Waals surface area contributed by atoms with E-state index in [1.54, 1.807) is 22.3 Å². The zero-order valence-electron chi connectivity index (χ0n) is 43.5. The van der Waals surface area contributed by atoms with Crippen LogP contribution in [0.25, 0.3) is 33.3 Å². The Hall–Kier alpha value is -4.93. The van der Waals surface area contributed by atoms with Gasteiger partial charge in [0.25, 0.3) is 0 Å².